The summed E-state index contributed by atoms with van der Waals surface area (Å²) in [4.78, 5) is 21.5. The Morgan fingerprint density at radius 3 is 2.60 bits per heavy atom. The first-order chi connectivity index (χ1) is 7.09. The highest BCUT2D eigenvalue weighted by Crippen LogP contribution is 2.06. The largest absolute Gasteiger partial charge is 0.368 e. The Morgan fingerprint density at radius 1 is 1.33 bits per heavy atom. The van der Waals surface area contributed by atoms with Crippen molar-refractivity contribution in [3.8, 4) is 0 Å². The SMILES string of the molecule is NC(=O)CNC(=O)Cc1ccccc1F. The molecule has 5 heteroatoms. The van der Waals surface area contributed by atoms with Crippen molar-refractivity contribution in [3.63, 3.8) is 0 Å². The zero-order valence-electron chi connectivity index (χ0n) is 8.00. The van der Waals surface area contributed by atoms with Crippen molar-refractivity contribution >= 4 is 11.8 Å². The van der Waals surface area contributed by atoms with Gasteiger partial charge in [0, 0.05) is 0 Å². The predicted molar refractivity (Wildman–Crippen MR) is 52.3 cm³/mol. The maximum atomic E-state index is 13.1. The first kappa shape index (κ1) is 11.2. The van der Waals surface area contributed by atoms with Crippen molar-refractivity contribution < 1.29 is 14.0 Å². The molecular weight excluding hydrogens is 199 g/mol. The van der Waals surface area contributed by atoms with Gasteiger partial charge in [0.1, 0.15) is 5.82 Å². The molecule has 0 radical (unpaired) electrons. The highest BCUT2D eigenvalue weighted by Gasteiger charge is 2.07. The Morgan fingerprint density at radius 2 is 2.00 bits per heavy atom. The van der Waals surface area contributed by atoms with E-state index in [9.17, 15) is 14.0 Å². The number of halogens is 1. The Labute approximate surface area is 86.3 Å². The van der Waals surface area contributed by atoms with Crippen molar-refractivity contribution in [2.75, 3.05) is 6.54 Å². The van der Waals surface area contributed by atoms with Crippen molar-refractivity contribution in [1.82, 2.24) is 5.32 Å². The normalized spacial score (nSPS) is 9.67. The van der Waals surface area contributed by atoms with Crippen LogP contribution in [0, 0.1) is 5.82 Å². The van der Waals surface area contributed by atoms with Crippen LogP contribution in [-0.2, 0) is 16.0 Å². The summed E-state index contributed by atoms with van der Waals surface area (Å²) in [6, 6.07) is 5.97. The third kappa shape index (κ3) is 3.76. The van der Waals surface area contributed by atoms with Crippen LogP contribution in [-0.4, -0.2) is 18.4 Å². The molecule has 0 bridgehead atoms. The average Bonchev–Trinajstić information content (AvgIpc) is 2.18. The standard InChI is InChI=1S/C10H11FN2O2/c11-8-4-2-1-3-7(8)5-10(15)13-6-9(12)14/h1-4H,5-6H2,(H2,12,14)(H,13,15). The van der Waals surface area contributed by atoms with E-state index >= 15 is 0 Å². The van der Waals surface area contributed by atoms with E-state index in [1.165, 1.54) is 12.1 Å². The van der Waals surface area contributed by atoms with Gasteiger partial charge in [-0.3, -0.25) is 9.59 Å². The van der Waals surface area contributed by atoms with Crippen LogP contribution in [0.3, 0.4) is 0 Å². The quantitative estimate of drug-likeness (QED) is 0.732. The van der Waals surface area contributed by atoms with Gasteiger partial charge in [0.15, 0.2) is 0 Å². The number of hydrogen-bond acceptors (Lipinski definition) is 2. The molecular formula is C10H11FN2O2. The number of carbonyl (C=O) groups excluding carboxylic acids is 2. The molecule has 1 aromatic rings. The molecule has 15 heavy (non-hydrogen) atoms. The van der Waals surface area contributed by atoms with Gasteiger partial charge in [-0.2, -0.15) is 0 Å². The number of amides is 2. The summed E-state index contributed by atoms with van der Waals surface area (Å²) in [5.41, 5.74) is 5.13. The molecule has 4 nitrogen and oxygen atoms in total. The van der Waals surface area contributed by atoms with E-state index in [1.807, 2.05) is 0 Å². The maximum Gasteiger partial charge on any atom is 0.236 e. The third-order valence-corrected chi connectivity index (χ3v) is 1.77. The highest BCUT2D eigenvalue weighted by atomic mass is 19.1. The van der Waals surface area contributed by atoms with Crippen LogP contribution in [0.15, 0.2) is 24.3 Å². The highest BCUT2D eigenvalue weighted by molar-refractivity contribution is 5.84. The summed E-state index contributed by atoms with van der Waals surface area (Å²) in [5, 5.41) is 2.28. The minimum atomic E-state index is -0.628. The van der Waals surface area contributed by atoms with Crippen LogP contribution >= 0.6 is 0 Å². The molecule has 0 spiro atoms. The fourth-order valence-electron chi connectivity index (χ4n) is 1.06. The maximum absolute atomic E-state index is 13.1. The Hall–Kier alpha value is -1.91. The lowest BCUT2D eigenvalue weighted by molar-refractivity contribution is -0.124. The number of hydrogen-bond donors (Lipinski definition) is 2. The Bertz CT molecular complexity index is 379. The van der Waals surface area contributed by atoms with Gasteiger partial charge >= 0.3 is 0 Å². The van der Waals surface area contributed by atoms with E-state index in [4.69, 9.17) is 5.73 Å². The van der Waals surface area contributed by atoms with Crippen LogP contribution in [0.4, 0.5) is 4.39 Å². The van der Waals surface area contributed by atoms with Gasteiger partial charge in [0.05, 0.1) is 13.0 Å². The molecule has 0 aliphatic carbocycles. The molecule has 0 heterocycles. The molecule has 2 amide bonds. The van der Waals surface area contributed by atoms with E-state index in [0.29, 0.717) is 5.56 Å². The molecule has 3 N–H and O–H groups in total. The first-order valence-electron chi connectivity index (χ1n) is 4.38. The molecule has 0 fully saturated rings. The second-order valence-corrected chi connectivity index (χ2v) is 3.01. The van der Waals surface area contributed by atoms with E-state index in [0.717, 1.165) is 0 Å². The number of rotatable bonds is 4. The van der Waals surface area contributed by atoms with Gasteiger partial charge in [-0.25, -0.2) is 4.39 Å². The number of carbonyl (C=O) groups is 2. The summed E-state index contributed by atoms with van der Waals surface area (Å²) in [5.74, 6) is -1.50. The molecule has 0 saturated heterocycles. The monoisotopic (exact) mass is 210 g/mol. The van der Waals surface area contributed by atoms with Gasteiger partial charge < -0.3 is 11.1 Å². The number of nitrogens with two attached hydrogens (primary N) is 1. The van der Waals surface area contributed by atoms with E-state index < -0.39 is 17.6 Å². The Kier molecular flexibility index (Phi) is 3.79. The van der Waals surface area contributed by atoms with Crippen molar-refractivity contribution in [2.24, 2.45) is 5.73 Å². The van der Waals surface area contributed by atoms with Crippen LogP contribution in [0.25, 0.3) is 0 Å². The molecule has 1 rings (SSSR count). The van der Waals surface area contributed by atoms with Crippen LogP contribution < -0.4 is 11.1 Å². The molecule has 0 atom stereocenters. The fourth-order valence-corrected chi connectivity index (χ4v) is 1.06. The first-order valence-corrected chi connectivity index (χ1v) is 4.38. The van der Waals surface area contributed by atoms with Gasteiger partial charge in [-0.15, -0.1) is 0 Å². The number of nitrogens with one attached hydrogen (secondary N) is 1. The average molecular weight is 210 g/mol. The molecule has 0 aliphatic heterocycles. The topological polar surface area (TPSA) is 72.2 Å². The summed E-state index contributed by atoms with van der Waals surface area (Å²) < 4.78 is 13.1. The number of primary amides is 1. The zero-order valence-corrected chi connectivity index (χ0v) is 8.00. The van der Waals surface area contributed by atoms with Crippen molar-refractivity contribution in [1.29, 1.82) is 0 Å². The second kappa shape index (κ2) is 5.09. The summed E-state index contributed by atoms with van der Waals surface area (Å²) >= 11 is 0. The smallest absolute Gasteiger partial charge is 0.236 e. The summed E-state index contributed by atoms with van der Waals surface area (Å²) in [7, 11) is 0. The zero-order chi connectivity index (χ0) is 11.3. The second-order valence-electron chi connectivity index (χ2n) is 3.01. The van der Waals surface area contributed by atoms with Gasteiger partial charge in [0.25, 0.3) is 0 Å². The van der Waals surface area contributed by atoms with Gasteiger partial charge in [-0.05, 0) is 11.6 Å². The molecule has 0 saturated carbocycles. The molecule has 0 aromatic heterocycles. The third-order valence-electron chi connectivity index (χ3n) is 1.77. The summed E-state index contributed by atoms with van der Waals surface area (Å²) in [6.45, 7) is -0.229. The Balaban J connectivity index is 2.52. The lowest BCUT2D eigenvalue weighted by Gasteiger charge is -2.03. The van der Waals surface area contributed by atoms with Crippen molar-refractivity contribution in [3.05, 3.63) is 35.6 Å². The van der Waals surface area contributed by atoms with Gasteiger partial charge in [-0.1, -0.05) is 18.2 Å². The van der Waals surface area contributed by atoms with Crippen LogP contribution in [0.2, 0.25) is 0 Å². The summed E-state index contributed by atoms with van der Waals surface area (Å²) in [6.07, 6.45) is -0.0973. The van der Waals surface area contributed by atoms with E-state index in [-0.39, 0.29) is 13.0 Å². The lowest BCUT2D eigenvalue weighted by Crippen LogP contribution is -2.34. The lowest BCUT2D eigenvalue weighted by atomic mass is 10.1. The fraction of sp³-hybridized carbons (Fsp3) is 0.200. The van der Waals surface area contributed by atoms with E-state index in [1.54, 1.807) is 12.1 Å². The minimum absolute atomic E-state index is 0.0973. The molecule has 80 valence electrons. The molecule has 0 aliphatic rings. The number of benzene rings is 1. The van der Waals surface area contributed by atoms with Crippen LogP contribution in [0.1, 0.15) is 5.56 Å². The predicted octanol–water partition coefficient (Wildman–Crippen LogP) is -0.0303. The molecule has 0 unspecified atom stereocenters. The van der Waals surface area contributed by atoms with E-state index in [2.05, 4.69) is 5.32 Å². The minimum Gasteiger partial charge on any atom is -0.368 e. The van der Waals surface area contributed by atoms with Gasteiger partial charge in [0.2, 0.25) is 11.8 Å². The van der Waals surface area contributed by atoms with Crippen molar-refractivity contribution in [2.45, 2.75) is 6.42 Å². The molecule has 1 aromatic carbocycles. The van der Waals surface area contributed by atoms with Crippen LogP contribution in [0.5, 0.6) is 0 Å².